The van der Waals surface area contributed by atoms with Gasteiger partial charge in [0.1, 0.15) is 18.7 Å². The van der Waals surface area contributed by atoms with E-state index in [9.17, 15) is 9.90 Å². The second-order valence-electron chi connectivity index (χ2n) is 7.82. The Hall–Kier alpha value is -2.25. The van der Waals surface area contributed by atoms with E-state index in [4.69, 9.17) is 0 Å². The van der Waals surface area contributed by atoms with Gasteiger partial charge in [-0.2, -0.15) is 0 Å². The lowest BCUT2D eigenvalue weighted by atomic mass is 10.1. The average Bonchev–Trinajstić information content (AvgIpc) is 2.77. The fraction of sp³-hybridized carbons (Fsp3) is 0.609. The summed E-state index contributed by atoms with van der Waals surface area (Å²) in [6.07, 6.45) is 13.6. The third-order valence-corrected chi connectivity index (χ3v) is 5.43. The monoisotopic (exact) mass is 417 g/mol. The number of dihydropyridines is 1. The smallest absolute Gasteiger partial charge is 0.249 e. The van der Waals surface area contributed by atoms with Crippen LogP contribution in [0.1, 0.15) is 52.9 Å². The summed E-state index contributed by atoms with van der Waals surface area (Å²) in [5, 5.41) is 19.2. The maximum atomic E-state index is 12.5. The molecule has 0 saturated carbocycles. The van der Waals surface area contributed by atoms with Crippen molar-refractivity contribution < 1.29 is 9.90 Å². The van der Waals surface area contributed by atoms with Crippen molar-refractivity contribution in [1.29, 1.82) is 0 Å². The quantitative estimate of drug-likeness (QED) is 0.365. The second-order valence-corrected chi connectivity index (χ2v) is 7.82. The van der Waals surface area contributed by atoms with Crippen molar-refractivity contribution in [3.63, 3.8) is 0 Å². The van der Waals surface area contributed by atoms with E-state index < -0.39 is 0 Å². The molecule has 2 rings (SSSR count). The van der Waals surface area contributed by atoms with Gasteiger partial charge in [0.15, 0.2) is 0 Å². The normalized spacial score (nSPS) is 18.7. The third kappa shape index (κ3) is 6.37. The molecule has 0 spiro atoms. The molecule has 2 aliphatic rings. The van der Waals surface area contributed by atoms with Crippen LogP contribution in [0.2, 0.25) is 0 Å². The van der Waals surface area contributed by atoms with Gasteiger partial charge in [0.05, 0.1) is 0 Å². The number of rotatable bonds is 12. The summed E-state index contributed by atoms with van der Waals surface area (Å²) in [5.74, 6) is 1.05. The van der Waals surface area contributed by atoms with Gasteiger partial charge in [0, 0.05) is 37.1 Å². The molecular weight excluding hydrogens is 378 g/mol. The molecule has 0 aliphatic carbocycles. The Balaban J connectivity index is 2.12. The predicted molar refractivity (Wildman–Crippen MR) is 122 cm³/mol. The molecule has 0 radical (unpaired) electrons. The third-order valence-electron chi connectivity index (χ3n) is 5.43. The molecule has 4 N–H and O–H groups in total. The van der Waals surface area contributed by atoms with E-state index in [2.05, 4.69) is 40.8 Å². The van der Waals surface area contributed by atoms with Crippen LogP contribution >= 0.6 is 0 Å². The van der Waals surface area contributed by atoms with Crippen molar-refractivity contribution in [3.05, 3.63) is 47.1 Å². The summed E-state index contributed by atoms with van der Waals surface area (Å²) in [5.41, 5.74) is 2.89. The molecule has 0 aromatic carbocycles. The number of amides is 1. The van der Waals surface area contributed by atoms with Crippen molar-refractivity contribution in [2.24, 2.45) is 0 Å². The lowest BCUT2D eigenvalue weighted by molar-refractivity contribution is -0.117. The summed E-state index contributed by atoms with van der Waals surface area (Å²) >= 11 is 0. The van der Waals surface area contributed by atoms with Crippen molar-refractivity contribution in [1.82, 2.24) is 25.8 Å². The molecule has 7 heteroatoms. The minimum atomic E-state index is -0.0663. The number of carbonyl (C=O) groups excluding carboxylic acids is 1. The zero-order valence-corrected chi connectivity index (χ0v) is 19.0. The number of aliphatic hydroxyl groups excluding tert-OH is 1. The maximum absolute atomic E-state index is 12.5. The molecule has 1 unspecified atom stereocenters. The molecule has 1 amide bonds. The molecule has 0 aromatic rings. The van der Waals surface area contributed by atoms with E-state index in [0.29, 0.717) is 6.54 Å². The number of nitrogens with one attached hydrogen (secondary N) is 3. The van der Waals surface area contributed by atoms with Crippen LogP contribution in [-0.4, -0.2) is 60.4 Å². The van der Waals surface area contributed by atoms with E-state index in [0.717, 1.165) is 55.0 Å². The summed E-state index contributed by atoms with van der Waals surface area (Å²) in [4.78, 5) is 16.6. The first-order chi connectivity index (χ1) is 14.5. The van der Waals surface area contributed by atoms with Crippen molar-refractivity contribution >= 4 is 5.91 Å². The number of likely N-dealkylation sites (N-methyl/N-ethyl adjacent to an activating group) is 1. The van der Waals surface area contributed by atoms with Gasteiger partial charge in [-0.1, -0.05) is 33.1 Å². The lowest BCUT2D eigenvalue weighted by Crippen LogP contribution is -2.44. The van der Waals surface area contributed by atoms with E-state index in [-0.39, 0.29) is 18.8 Å². The Morgan fingerprint density at radius 3 is 2.73 bits per heavy atom. The standard InChI is InChI=1S/C23H39N5O2/c1-5-7-8-9-11-25-23(30)19-14-18(3)22(26-16-19)28(12-6-2)20-10-13-27(17-29)21(15-20)24-4/h10,13-15,21,24,26,29H,5-9,11-12,16-17H2,1-4H3,(H,25,30). The molecule has 168 valence electrons. The molecule has 7 nitrogen and oxygen atoms in total. The Labute approximate surface area is 181 Å². The first-order valence-electron chi connectivity index (χ1n) is 11.2. The van der Waals surface area contributed by atoms with Crippen LogP contribution in [0.25, 0.3) is 0 Å². The molecule has 30 heavy (non-hydrogen) atoms. The topological polar surface area (TPSA) is 79.9 Å². The molecule has 0 saturated heterocycles. The number of hydrogen-bond acceptors (Lipinski definition) is 6. The molecule has 1 atom stereocenters. The summed E-state index contributed by atoms with van der Waals surface area (Å²) < 4.78 is 0. The Bertz CT molecular complexity index is 696. The van der Waals surface area contributed by atoms with Gasteiger partial charge >= 0.3 is 0 Å². The van der Waals surface area contributed by atoms with Gasteiger partial charge in [-0.15, -0.1) is 0 Å². The van der Waals surface area contributed by atoms with Crippen molar-refractivity contribution in [2.45, 2.75) is 59.0 Å². The molecule has 0 fully saturated rings. The van der Waals surface area contributed by atoms with E-state index >= 15 is 0 Å². The van der Waals surface area contributed by atoms with Crippen LogP contribution in [0.4, 0.5) is 0 Å². The Kier molecular flexibility index (Phi) is 9.97. The Morgan fingerprint density at radius 2 is 2.10 bits per heavy atom. The van der Waals surface area contributed by atoms with Crippen LogP contribution in [0, 0.1) is 0 Å². The number of hydrogen-bond donors (Lipinski definition) is 4. The number of nitrogens with zero attached hydrogens (tertiary/aromatic N) is 2. The lowest BCUT2D eigenvalue weighted by Gasteiger charge is -2.36. The Morgan fingerprint density at radius 1 is 1.30 bits per heavy atom. The van der Waals surface area contributed by atoms with E-state index in [1.54, 1.807) is 0 Å². The van der Waals surface area contributed by atoms with Gasteiger partial charge in [-0.3, -0.25) is 10.1 Å². The van der Waals surface area contributed by atoms with Gasteiger partial charge in [0.2, 0.25) is 5.91 Å². The zero-order chi connectivity index (χ0) is 21.9. The minimum absolute atomic E-state index is 0.0186. The van der Waals surface area contributed by atoms with Crippen LogP contribution in [0.5, 0.6) is 0 Å². The molecule has 2 aliphatic heterocycles. The number of carbonyl (C=O) groups is 1. The van der Waals surface area contributed by atoms with E-state index in [1.807, 2.05) is 37.2 Å². The molecule has 0 bridgehead atoms. The van der Waals surface area contributed by atoms with Gasteiger partial charge in [-0.25, -0.2) is 0 Å². The van der Waals surface area contributed by atoms with Crippen LogP contribution in [0.3, 0.4) is 0 Å². The highest BCUT2D eigenvalue weighted by Gasteiger charge is 2.23. The predicted octanol–water partition coefficient (Wildman–Crippen LogP) is 2.36. The number of unbranched alkanes of at least 4 members (excludes halogenated alkanes) is 3. The van der Waals surface area contributed by atoms with Crippen LogP contribution < -0.4 is 16.0 Å². The SMILES string of the molecule is CCCCCCNC(=O)C1=CC(C)=C(N(CCC)C2=CC(NC)N(CO)C=C2)NC1. The first kappa shape index (κ1) is 24.0. The summed E-state index contributed by atoms with van der Waals surface area (Å²) in [6.45, 7) is 8.45. The fourth-order valence-electron chi connectivity index (χ4n) is 3.76. The van der Waals surface area contributed by atoms with Crippen LogP contribution in [-0.2, 0) is 4.79 Å². The van der Waals surface area contributed by atoms with Gasteiger partial charge in [0.25, 0.3) is 0 Å². The zero-order valence-electron chi connectivity index (χ0n) is 19.0. The highest BCUT2D eigenvalue weighted by atomic mass is 16.3. The molecular formula is C23H39N5O2. The first-order valence-corrected chi connectivity index (χ1v) is 11.2. The van der Waals surface area contributed by atoms with Gasteiger partial charge < -0.3 is 25.5 Å². The molecule has 0 aromatic heterocycles. The van der Waals surface area contributed by atoms with Crippen LogP contribution in [0.15, 0.2) is 47.1 Å². The highest BCUT2D eigenvalue weighted by molar-refractivity contribution is 5.94. The van der Waals surface area contributed by atoms with Crippen molar-refractivity contribution in [3.8, 4) is 0 Å². The maximum Gasteiger partial charge on any atom is 0.249 e. The van der Waals surface area contributed by atoms with Crippen molar-refractivity contribution in [2.75, 3.05) is 33.4 Å². The summed E-state index contributed by atoms with van der Waals surface area (Å²) in [7, 11) is 1.88. The number of aliphatic hydroxyl groups is 1. The number of allylic oxidation sites excluding steroid dienone is 3. The summed E-state index contributed by atoms with van der Waals surface area (Å²) in [6, 6.07) is 0. The van der Waals surface area contributed by atoms with E-state index in [1.165, 1.54) is 12.8 Å². The second kappa shape index (κ2) is 12.4. The minimum Gasteiger partial charge on any atom is -0.376 e. The molecule has 2 heterocycles. The van der Waals surface area contributed by atoms with Gasteiger partial charge in [-0.05, 0) is 50.6 Å². The average molecular weight is 418 g/mol. The fourth-order valence-corrected chi connectivity index (χ4v) is 3.76. The largest absolute Gasteiger partial charge is 0.376 e. The highest BCUT2D eigenvalue weighted by Crippen LogP contribution is 2.24.